The number of nitrogens with zero attached hydrogens (tertiary/aromatic N) is 4. The van der Waals surface area contributed by atoms with Crippen molar-refractivity contribution in [2.45, 2.75) is 44.9 Å². The van der Waals surface area contributed by atoms with E-state index >= 15 is 0 Å². The second kappa shape index (κ2) is 9.69. The molecule has 1 fully saturated rings. The molecule has 3 heterocycles. The first-order chi connectivity index (χ1) is 16.3. The van der Waals surface area contributed by atoms with Crippen LogP contribution in [0.5, 0.6) is 11.5 Å². The first-order valence-electron chi connectivity index (χ1n) is 10.3. The molecular weight excluding hydrogens is 450 g/mol. The van der Waals surface area contributed by atoms with Gasteiger partial charge in [-0.25, -0.2) is 15.0 Å². The van der Waals surface area contributed by atoms with Gasteiger partial charge in [0.2, 0.25) is 0 Å². The van der Waals surface area contributed by atoms with Gasteiger partial charge in [0.1, 0.15) is 24.6 Å². The molecule has 0 saturated carbocycles. The van der Waals surface area contributed by atoms with Gasteiger partial charge in [-0.3, -0.25) is 14.2 Å². The van der Waals surface area contributed by atoms with Crippen molar-refractivity contribution in [2.75, 3.05) is 11.9 Å². The first-order valence-corrected chi connectivity index (χ1v) is 10.3. The van der Waals surface area contributed by atoms with Crippen molar-refractivity contribution < 1.29 is 39.1 Å². The van der Waals surface area contributed by atoms with Crippen molar-refractivity contribution in [3.8, 4) is 11.5 Å². The van der Waals surface area contributed by atoms with Crippen LogP contribution in [-0.4, -0.2) is 71.7 Å². The fourth-order valence-electron chi connectivity index (χ4n) is 3.60. The highest BCUT2D eigenvalue weighted by atomic mass is 16.6. The minimum Gasteiger partial charge on any atom is -0.423 e. The summed E-state index contributed by atoms with van der Waals surface area (Å²) in [6.07, 6.45) is -1.75. The lowest BCUT2D eigenvalue weighted by Crippen LogP contribution is -2.33. The number of hydrogen-bond acceptors (Lipinski definition) is 12. The predicted octanol–water partition coefficient (Wildman–Crippen LogP) is -0.0995. The van der Waals surface area contributed by atoms with Crippen molar-refractivity contribution in [3.63, 3.8) is 0 Å². The summed E-state index contributed by atoms with van der Waals surface area (Å²) in [5, 5.41) is 32.8. The van der Waals surface area contributed by atoms with Gasteiger partial charge in [-0.2, -0.15) is 0 Å². The van der Waals surface area contributed by atoms with E-state index in [9.17, 15) is 24.9 Å². The fourth-order valence-corrected chi connectivity index (χ4v) is 3.60. The zero-order valence-corrected chi connectivity index (χ0v) is 18.3. The molecular formula is C21H23N5O8. The quantitative estimate of drug-likeness (QED) is 0.265. The van der Waals surface area contributed by atoms with Crippen LogP contribution in [0.2, 0.25) is 0 Å². The minimum absolute atomic E-state index is 0.100. The minimum atomic E-state index is -1.28. The summed E-state index contributed by atoms with van der Waals surface area (Å²) < 4.78 is 17.2. The van der Waals surface area contributed by atoms with Gasteiger partial charge in [-0.05, 0) is 17.7 Å². The van der Waals surface area contributed by atoms with Crippen LogP contribution in [0.1, 0.15) is 25.6 Å². The van der Waals surface area contributed by atoms with Crippen LogP contribution in [0.25, 0.3) is 11.2 Å². The van der Waals surface area contributed by atoms with Gasteiger partial charge >= 0.3 is 11.9 Å². The molecule has 0 amide bonds. The summed E-state index contributed by atoms with van der Waals surface area (Å²) in [6, 6.07) is 4.76. The van der Waals surface area contributed by atoms with E-state index in [2.05, 4.69) is 20.3 Å². The number of aromatic nitrogens is 4. The number of nitrogens with one attached hydrogen (secondary N) is 1. The van der Waals surface area contributed by atoms with Gasteiger partial charge < -0.3 is 34.8 Å². The Hall–Kier alpha value is -3.65. The van der Waals surface area contributed by atoms with Crippen LogP contribution < -0.4 is 14.8 Å². The normalized spacial score (nSPS) is 22.0. The number of carbonyl (C=O) groups excluding carboxylic acids is 2. The first kappa shape index (κ1) is 23.5. The Kier molecular flexibility index (Phi) is 6.70. The van der Waals surface area contributed by atoms with Gasteiger partial charge in [0.05, 0.1) is 12.9 Å². The van der Waals surface area contributed by atoms with E-state index in [1.807, 2.05) is 0 Å². The molecule has 0 unspecified atom stereocenters. The molecule has 4 rings (SSSR count). The molecule has 180 valence electrons. The molecule has 4 atom stereocenters. The third-order valence-electron chi connectivity index (χ3n) is 5.13. The maximum absolute atomic E-state index is 11.4. The summed E-state index contributed by atoms with van der Waals surface area (Å²) in [5.74, 6) is -0.510. The molecule has 13 nitrogen and oxygen atoms in total. The van der Waals surface area contributed by atoms with Crippen molar-refractivity contribution in [3.05, 3.63) is 36.4 Å². The van der Waals surface area contributed by atoms with E-state index in [0.717, 1.165) is 0 Å². The highest BCUT2D eigenvalue weighted by Gasteiger charge is 2.44. The number of esters is 2. The van der Waals surface area contributed by atoms with E-state index in [1.54, 1.807) is 12.1 Å². The van der Waals surface area contributed by atoms with Crippen molar-refractivity contribution in [1.82, 2.24) is 19.5 Å². The summed E-state index contributed by atoms with van der Waals surface area (Å²) in [4.78, 5) is 35.4. The highest BCUT2D eigenvalue weighted by molar-refractivity contribution is 5.82. The van der Waals surface area contributed by atoms with E-state index in [-0.39, 0.29) is 18.0 Å². The Morgan fingerprint density at radius 3 is 2.50 bits per heavy atom. The Labute approximate surface area is 192 Å². The van der Waals surface area contributed by atoms with Gasteiger partial charge in [0, 0.05) is 20.4 Å². The number of benzene rings is 1. The van der Waals surface area contributed by atoms with Crippen molar-refractivity contribution >= 4 is 28.9 Å². The number of imidazole rings is 1. The molecule has 2 aromatic heterocycles. The molecule has 1 aliphatic heterocycles. The standard InChI is InChI=1S/C21H23N5O8/c1-10(28)32-13-4-3-12(5-14(13)33-11(2)29)6-22-19-16-20(24-8-23-19)26(9-25-16)21-18(31)17(30)15(7-27)34-21/h3-5,8-9,15,17-18,21,27,30-31H,6-7H2,1-2H3,(H,22,23,24)/t15-,17-,18-,21-/m1/s1. The molecule has 34 heavy (non-hydrogen) atoms. The average Bonchev–Trinajstić information content (AvgIpc) is 3.34. The predicted molar refractivity (Wildman–Crippen MR) is 115 cm³/mol. The number of rotatable bonds is 7. The number of carbonyl (C=O) groups is 2. The van der Waals surface area contributed by atoms with E-state index < -0.39 is 43.1 Å². The van der Waals surface area contributed by atoms with Crippen LogP contribution in [-0.2, 0) is 20.9 Å². The molecule has 13 heteroatoms. The largest absolute Gasteiger partial charge is 0.423 e. The maximum Gasteiger partial charge on any atom is 0.308 e. The highest BCUT2D eigenvalue weighted by Crippen LogP contribution is 2.33. The lowest BCUT2D eigenvalue weighted by molar-refractivity contribution is -0.134. The van der Waals surface area contributed by atoms with Gasteiger partial charge in [0.25, 0.3) is 0 Å². The lowest BCUT2D eigenvalue weighted by Gasteiger charge is -2.16. The van der Waals surface area contributed by atoms with Gasteiger partial charge in [-0.15, -0.1) is 0 Å². The summed E-state index contributed by atoms with van der Waals surface area (Å²) in [5.41, 5.74) is 1.43. The van der Waals surface area contributed by atoms with Crippen molar-refractivity contribution in [2.24, 2.45) is 0 Å². The Balaban J connectivity index is 1.56. The molecule has 0 aliphatic carbocycles. The van der Waals surface area contributed by atoms with Crippen molar-refractivity contribution in [1.29, 1.82) is 0 Å². The van der Waals surface area contributed by atoms with E-state index in [1.165, 1.54) is 37.1 Å². The third-order valence-corrected chi connectivity index (χ3v) is 5.13. The lowest BCUT2D eigenvalue weighted by atomic mass is 10.1. The number of ether oxygens (including phenoxy) is 3. The summed E-state index contributed by atoms with van der Waals surface area (Å²) >= 11 is 0. The molecule has 0 bridgehead atoms. The van der Waals surface area contributed by atoms with E-state index in [0.29, 0.717) is 22.5 Å². The zero-order valence-electron chi connectivity index (χ0n) is 18.3. The van der Waals surface area contributed by atoms with Gasteiger partial charge in [0.15, 0.2) is 34.7 Å². The fraction of sp³-hybridized carbons (Fsp3) is 0.381. The molecule has 1 saturated heterocycles. The van der Waals surface area contributed by atoms with Crippen LogP contribution in [0.4, 0.5) is 5.82 Å². The second-order valence-corrected chi connectivity index (χ2v) is 7.60. The molecule has 0 spiro atoms. The van der Waals surface area contributed by atoms with Crippen LogP contribution in [0.3, 0.4) is 0 Å². The third kappa shape index (κ3) is 4.68. The summed E-state index contributed by atoms with van der Waals surface area (Å²) in [6.45, 7) is 2.28. The molecule has 1 aliphatic rings. The molecule has 3 aromatic rings. The number of aliphatic hydroxyl groups is 3. The number of aliphatic hydroxyl groups excluding tert-OH is 3. The van der Waals surface area contributed by atoms with Crippen LogP contribution in [0, 0.1) is 0 Å². The Morgan fingerprint density at radius 1 is 1.09 bits per heavy atom. The van der Waals surface area contributed by atoms with Crippen LogP contribution >= 0.6 is 0 Å². The Morgan fingerprint density at radius 2 is 1.82 bits per heavy atom. The van der Waals surface area contributed by atoms with Crippen LogP contribution in [0.15, 0.2) is 30.9 Å². The number of hydrogen-bond donors (Lipinski definition) is 4. The Bertz CT molecular complexity index is 1220. The number of fused-ring (bicyclic) bond motifs is 1. The molecule has 1 aromatic carbocycles. The second-order valence-electron chi connectivity index (χ2n) is 7.60. The molecule has 0 radical (unpaired) electrons. The summed E-state index contributed by atoms with van der Waals surface area (Å²) in [7, 11) is 0. The molecule has 4 N–H and O–H groups in total. The van der Waals surface area contributed by atoms with Gasteiger partial charge in [-0.1, -0.05) is 6.07 Å². The van der Waals surface area contributed by atoms with E-state index in [4.69, 9.17) is 14.2 Å². The SMILES string of the molecule is CC(=O)Oc1ccc(CNc2ncnc3c2ncn3[C@@H]2O[C@H](CO)[C@@H](O)[C@H]2O)cc1OC(C)=O. The smallest absolute Gasteiger partial charge is 0.308 e. The zero-order chi connectivity index (χ0) is 24.4. The average molecular weight is 473 g/mol. The maximum atomic E-state index is 11.4. The monoisotopic (exact) mass is 473 g/mol. The topological polar surface area (TPSA) is 178 Å². The number of anilines is 1.